The molecule has 4 aromatic rings. The Morgan fingerprint density at radius 3 is 2.68 bits per heavy atom. The van der Waals surface area contributed by atoms with Crippen molar-refractivity contribution in [2.45, 2.75) is 11.7 Å². The second kappa shape index (κ2) is 9.51. The highest BCUT2D eigenvalue weighted by Gasteiger charge is 2.17. The molecule has 154 valence electrons. The van der Waals surface area contributed by atoms with Crippen LogP contribution in [-0.4, -0.2) is 26.4 Å². The van der Waals surface area contributed by atoms with Crippen LogP contribution in [0.2, 0.25) is 5.02 Å². The number of hydrogen-bond acceptors (Lipinski definition) is 6. The summed E-state index contributed by atoms with van der Waals surface area (Å²) in [5.41, 5.74) is 1.74. The van der Waals surface area contributed by atoms with Gasteiger partial charge in [0.15, 0.2) is 11.0 Å². The number of benzene rings is 2. The molecule has 0 aliphatic heterocycles. The minimum absolute atomic E-state index is 0.108. The molecule has 0 spiro atoms. The smallest absolute Gasteiger partial charge is 0.234 e. The van der Waals surface area contributed by atoms with Gasteiger partial charge in [-0.05, 0) is 48.5 Å². The van der Waals surface area contributed by atoms with Crippen molar-refractivity contribution in [1.82, 2.24) is 14.8 Å². The third kappa shape index (κ3) is 4.97. The van der Waals surface area contributed by atoms with Crippen LogP contribution in [0, 0.1) is 11.3 Å². The van der Waals surface area contributed by atoms with Gasteiger partial charge in [-0.1, -0.05) is 35.5 Å². The van der Waals surface area contributed by atoms with Gasteiger partial charge in [-0.25, -0.2) is 0 Å². The standard InChI is InChI=1S/C22H16ClN5O2S/c23-17-9-7-15(8-10-17)21-26-27-22(28(21)13-18-5-3-11-30-18)31-14-20(29)25-19-6-2-1-4-16(19)12-24/h1-11H,13-14H2,(H,25,29). The van der Waals surface area contributed by atoms with Gasteiger partial charge in [0.1, 0.15) is 11.8 Å². The van der Waals surface area contributed by atoms with Gasteiger partial charge in [0.05, 0.1) is 29.8 Å². The summed E-state index contributed by atoms with van der Waals surface area (Å²) in [4.78, 5) is 12.5. The van der Waals surface area contributed by atoms with Crippen LogP contribution in [0.5, 0.6) is 0 Å². The molecule has 0 bridgehead atoms. The number of nitrogens with one attached hydrogen (secondary N) is 1. The lowest BCUT2D eigenvalue weighted by atomic mass is 10.2. The Labute approximate surface area is 187 Å². The van der Waals surface area contributed by atoms with Crippen molar-refractivity contribution in [3.05, 3.63) is 83.3 Å². The Morgan fingerprint density at radius 2 is 1.94 bits per heavy atom. The van der Waals surface area contributed by atoms with E-state index in [1.54, 1.807) is 42.7 Å². The molecular weight excluding hydrogens is 434 g/mol. The number of rotatable bonds is 7. The zero-order valence-corrected chi connectivity index (χ0v) is 17.7. The molecule has 2 aromatic carbocycles. The lowest BCUT2D eigenvalue weighted by Gasteiger charge is -2.10. The van der Waals surface area contributed by atoms with E-state index in [4.69, 9.17) is 16.0 Å². The topological polar surface area (TPSA) is 96.7 Å². The molecule has 1 amide bonds. The van der Waals surface area contributed by atoms with Crippen LogP contribution in [0.25, 0.3) is 11.4 Å². The van der Waals surface area contributed by atoms with Crippen LogP contribution in [0.4, 0.5) is 5.69 Å². The molecule has 0 aliphatic carbocycles. The number of carbonyl (C=O) groups excluding carboxylic acids is 1. The van der Waals surface area contributed by atoms with E-state index in [0.29, 0.717) is 33.8 Å². The number of carbonyl (C=O) groups is 1. The number of furan rings is 1. The maximum Gasteiger partial charge on any atom is 0.234 e. The first-order valence-electron chi connectivity index (χ1n) is 9.27. The van der Waals surface area contributed by atoms with Gasteiger partial charge in [-0.15, -0.1) is 10.2 Å². The molecule has 31 heavy (non-hydrogen) atoms. The molecule has 4 rings (SSSR count). The van der Waals surface area contributed by atoms with Crippen molar-refractivity contribution in [2.75, 3.05) is 11.1 Å². The van der Waals surface area contributed by atoms with Gasteiger partial charge in [0, 0.05) is 10.6 Å². The second-order valence-electron chi connectivity index (χ2n) is 6.47. The highest BCUT2D eigenvalue weighted by atomic mass is 35.5. The van der Waals surface area contributed by atoms with E-state index in [0.717, 1.165) is 11.3 Å². The molecule has 1 N–H and O–H groups in total. The summed E-state index contributed by atoms with van der Waals surface area (Å²) in [7, 11) is 0. The second-order valence-corrected chi connectivity index (χ2v) is 7.85. The molecule has 0 radical (unpaired) electrons. The summed E-state index contributed by atoms with van der Waals surface area (Å²) in [5, 5.41) is 21.7. The predicted octanol–water partition coefficient (Wildman–Crippen LogP) is 4.84. The molecular formula is C22H16ClN5O2S. The Morgan fingerprint density at radius 1 is 1.13 bits per heavy atom. The van der Waals surface area contributed by atoms with Crippen LogP contribution in [0.15, 0.2) is 76.5 Å². The number of nitriles is 1. The summed E-state index contributed by atoms with van der Waals surface area (Å²) >= 11 is 7.26. The number of amides is 1. The first kappa shape index (κ1) is 20.7. The molecule has 2 heterocycles. The van der Waals surface area contributed by atoms with Gasteiger partial charge in [0.2, 0.25) is 5.91 Å². The first-order chi connectivity index (χ1) is 15.1. The monoisotopic (exact) mass is 449 g/mol. The average Bonchev–Trinajstić information content (AvgIpc) is 3.44. The van der Waals surface area contributed by atoms with E-state index < -0.39 is 0 Å². The number of para-hydroxylation sites is 1. The Hall–Kier alpha value is -3.54. The third-order valence-corrected chi connectivity index (χ3v) is 5.59. The van der Waals surface area contributed by atoms with Gasteiger partial charge in [0.25, 0.3) is 0 Å². The summed E-state index contributed by atoms with van der Waals surface area (Å²) in [5.74, 6) is 1.25. The molecule has 0 unspecified atom stereocenters. The fourth-order valence-electron chi connectivity index (χ4n) is 2.91. The van der Waals surface area contributed by atoms with Gasteiger partial charge in [-0.2, -0.15) is 5.26 Å². The van der Waals surface area contributed by atoms with Gasteiger partial charge < -0.3 is 9.73 Å². The third-order valence-electron chi connectivity index (χ3n) is 4.37. The highest BCUT2D eigenvalue weighted by Crippen LogP contribution is 2.26. The Kier molecular flexibility index (Phi) is 6.36. The maximum absolute atomic E-state index is 12.5. The van der Waals surface area contributed by atoms with Crippen molar-refractivity contribution in [2.24, 2.45) is 0 Å². The summed E-state index contributed by atoms with van der Waals surface area (Å²) in [6, 6.07) is 19.9. The molecule has 7 nitrogen and oxygen atoms in total. The Balaban J connectivity index is 1.54. The van der Waals surface area contributed by atoms with Crippen LogP contribution < -0.4 is 5.32 Å². The van der Waals surface area contributed by atoms with Gasteiger partial charge >= 0.3 is 0 Å². The van der Waals surface area contributed by atoms with E-state index >= 15 is 0 Å². The quantitative estimate of drug-likeness (QED) is 0.405. The minimum atomic E-state index is -0.242. The van der Waals surface area contributed by atoms with E-state index in [-0.39, 0.29) is 11.7 Å². The van der Waals surface area contributed by atoms with Crippen LogP contribution in [-0.2, 0) is 11.3 Å². The predicted molar refractivity (Wildman–Crippen MR) is 119 cm³/mol. The van der Waals surface area contributed by atoms with Crippen molar-refractivity contribution in [3.63, 3.8) is 0 Å². The largest absolute Gasteiger partial charge is 0.467 e. The number of thioether (sulfide) groups is 1. The lowest BCUT2D eigenvalue weighted by Crippen LogP contribution is -2.15. The Bertz CT molecular complexity index is 1230. The van der Waals surface area contributed by atoms with Crippen molar-refractivity contribution >= 4 is 35.0 Å². The normalized spacial score (nSPS) is 10.6. The molecule has 0 saturated carbocycles. The van der Waals surface area contributed by atoms with E-state index in [2.05, 4.69) is 21.6 Å². The van der Waals surface area contributed by atoms with Crippen LogP contribution in [0.3, 0.4) is 0 Å². The van der Waals surface area contributed by atoms with Crippen LogP contribution in [0.1, 0.15) is 11.3 Å². The first-order valence-corrected chi connectivity index (χ1v) is 10.6. The molecule has 2 aromatic heterocycles. The van der Waals surface area contributed by atoms with Gasteiger partial charge in [-0.3, -0.25) is 9.36 Å². The number of anilines is 1. The lowest BCUT2D eigenvalue weighted by molar-refractivity contribution is -0.113. The highest BCUT2D eigenvalue weighted by molar-refractivity contribution is 7.99. The van der Waals surface area contributed by atoms with Crippen molar-refractivity contribution in [1.29, 1.82) is 5.26 Å². The fraction of sp³-hybridized carbons (Fsp3) is 0.0909. The van der Waals surface area contributed by atoms with E-state index in [1.165, 1.54) is 11.8 Å². The summed E-state index contributed by atoms with van der Waals surface area (Å²) < 4.78 is 7.38. The number of aromatic nitrogens is 3. The zero-order chi connectivity index (χ0) is 21.6. The molecule has 0 aliphatic rings. The number of hydrogen-bond donors (Lipinski definition) is 1. The van der Waals surface area contributed by atoms with Crippen LogP contribution >= 0.6 is 23.4 Å². The summed E-state index contributed by atoms with van der Waals surface area (Å²) in [6.45, 7) is 0.416. The van der Waals surface area contributed by atoms with Crippen molar-refractivity contribution in [3.8, 4) is 17.5 Å². The molecule has 0 fully saturated rings. The van der Waals surface area contributed by atoms with Crippen molar-refractivity contribution < 1.29 is 9.21 Å². The molecule has 0 atom stereocenters. The average molecular weight is 450 g/mol. The molecule has 0 saturated heterocycles. The number of halogens is 1. The maximum atomic E-state index is 12.5. The van der Waals surface area contributed by atoms with E-state index in [9.17, 15) is 10.1 Å². The summed E-state index contributed by atoms with van der Waals surface area (Å²) in [6.07, 6.45) is 1.61. The fourth-order valence-corrected chi connectivity index (χ4v) is 3.78. The SMILES string of the molecule is N#Cc1ccccc1NC(=O)CSc1nnc(-c2ccc(Cl)cc2)n1Cc1ccco1. The number of nitrogens with zero attached hydrogens (tertiary/aromatic N) is 4. The zero-order valence-electron chi connectivity index (χ0n) is 16.2. The molecule has 9 heteroatoms. The minimum Gasteiger partial charge on any atom is -0.467 e. The van der Waals surface area contributed by atoms with E-state index in [1.807, 2.05) is 28.8 Å².